The Hall–Kier alpha value is -1.93. The van der Waals surface area contributed by atoms with Gasteiger partial charge in [-0.3, -0.25) is 4.79 Å². The predicted molar refractivity (Wildman–Crippen MR) is 92.9 cm³/mol. The van der Waals surface area contributed by atoms with Gasteiger partial charge in [-0.05, 0) is 37.5 Å². The molecule has 142 valence electrons. The van der Waals surface area contributed by atoms with Crippen LogP contribution in [-0.4, -0.2) is 47.3 Å². The van der Waals surface area contributed by atoms with Gasteiger partial charge < -0.3 is 25.7 Å². The number of aromatic nitrogens is 2. The molecule has 1 amide bonds. The summed E-state index contributed by atoms with van der Waals surface area (Å²) in [5.41, 5.74) is 12.0. The number of nitrogens with two attached hydrogens (primary N) is 2. The van der Waals surface area contributed by atoms with Crippen molar-refractivity contribution < 1.29 is 19.0 Å². The molecule has 26 heavy (non-hydrogen) atoms. The number of primary amides is 1. The second-order valence-corrected chi connectivity index (χ2v) is 7.66. The van der Waals surface area contributed by atoms with Gasteiger partial charge in [0.2, 0.25) is 5.88 Å². The van der Waals surface area contributed by atoms with Gasteiger partial charge in [0.25, 0.3) is 5.91 Å². The van der Waals surface area contributed by atoms with Gasteiger partial charge in [0.1, 0.15) is 17.8 Å². The van der Waals surface area contributed by atoms with Gasteiger partial charge in [0, 0.05) is 18.9 Å². The summed E-state index contributed by atoms with van der Waals surface area (Å²) in [4.78, 5) is 20.2. The van der Waals surface area contributed by atoms with Crippen molar-refractivity contribution in [3.05, 3.63) is 11.8 Å². The van der Waals surface area contributed by atoms with Gasteiger partial charge >= 0.3 is 6.01 Å². The Morgan fingerprint density at radius 1 is 1.15 bits per heavy atom. The Bertz CT molecular complexity index is 669. The number of amides is 1. The zero-order valence-corrected chi connectivity index (χ0v) is 14.9. The molecular formula is C18H26N4O4. The molecule has 0 radical (unpaired) electrons. The molecule has 3 fully saturated rings. The summed E-state index contributed by atoms with van der Waals surface area (Å²) in [5.74, 6) is -0.385. The van der Waals surface area contributed by atoms with Gasteiger partial charge in [-0.2, -0.15) is 4.98 Å². The van der Waals surface area contributed by atoms with Crippen molar-refractivity contribution >= 4 is 5.91 Å². The van der Waals surface area contributed by atoms with Gasteiger partial charge in [0.15, 0.2) is 0 Å². The zero-order valence-electron chi connectivity index (χ0n) is 14.9. The second kappa shape index (κ2) is 7.00. The van der Waals surface area contributed by atoms with Crippen molar-refractivity contribution in [3.8, 4) is 11.9 Å². The molecular weight excluding hydrogens is 336 g/mol. The van der Waals surface area contributed by atoms with E-state index in [1.165, 1.54) is 6.20 Å². The van der Waals surface area contributed by atoms with Crippen LogP contribution in [0.25, 0.3) is 0 Å². The third-order valence-corrected chi connectivity index (χ3v) is 5.90. The average molecular weight is 362 g/mol. The minimum absolute atomic E-state index is 0.0114. The van der Waals surface area contributed by atoms with Crippen LogP contribution in [0.2, 0.25) is 0 Å². The Morgan fingerprint density at radius 2 is 1.81 bits per heavy atom. The number of rotatable bonds is 5. The summed E-state index contributed by atoms with van der Waals surface area (Å²) in [7, 11) is 0. The highest BCUT2D eigenvalue weighted by Crippen LogP contribution is 2.55. The molecule has 4 rings (SSSR count). The fourth-order valence-corrected chi connectivity index (χ4v) is 4.01. The first-order chi connectivity index (χ1) is 12.6. The Labute approximate surface area is 152 Å². The molecule has 1 aromatic heterocycles. The van der Waals surface area contributed by atoms with E-state index < -0.39 is 5.91 Å². The van der Waals surface area contributed by atoms with Crippen LogP contribution in [0.15, 0.2) is 6.20 Å². The van der Waals surface area contributed by atoms with Gasteiger partial charge in [-0.1, -0.05) is 0 Å². The van der Waals surface area contributed by atoms with E-state index in [0.717, 1.165) is 44.9 Å². The SMILES string of the molecule is NC(=O)c1cnc(OC2CCOCC2)nc1OC1CCC2(CC1)C[C@H]2N. The van der Waals surface area contributed by atoms with Crippen molar-refractivity contribution in [1.29, 1.82) is 0 Å². The maximum absolute atomic E-state index is 11.7. The maximum atomic E-state index is 11.7. The normalized spacial score (nSPS) is 31.6. The largest absolute Gasteiger partial charge is 0.474 e. The Kier molecular flexibility index (Phi) is 4.71. The van der Waals surface area contributed by atoms with E-state index in [0.29, 0.717) is 24.7 Å². The van der Waals surface area contributed by atoms with Crippen LogP contribution < -0.4 is 20.9 Å². The lowest BCUT2D eigenvalue weighted by atomic mass is 9.84. The monoisotopic (exact) mass is 362 g/mol. The van der Waals surface area contributed by atoms with Crippen LogP contribution in [0.5, 0.6) is 11.9 Å². The number of hydrogen-bond acceptors (Lipinski definition) is 7. The molecule has 4 N–H and O–H groups in total. The number of carbonyl (C=O) groups excluding carboxylic acids is 1. The van der Waals surface area contributed by atoms with Crippen molar-refractivity contribution in [2.75, 3.05) is 13.2 Å². The summed E-state index contributed by atoms with van der Waals surface area (Å²) >= 11 is 0. The minimum atomic E-state index is -0.603. The van der Waals surface area contributed by atoms with E-state index in [-0.39, 0.29) is 29.7 Å². The number of ether oxygens (including phenoxy) is 3. The van der Waals surface area contributed by atoms with Crippen molar-refractivity contribution in [2.24, 2.45) is 16.9 Å². The topological polar surface area (TPSA) is 123 Å². The lowest BCUT2D eigenvalue weighted by Crippen LogP contribution is -2.30. The van der Waals surface area contributed by atoms with E-state index >= 15 is 0 Å². The second-order valence-electron chi connectivity index (χ2n) is 7.66. The molecule has 2 aliphatic carbocycles. The van der Waals surface area contributed by atoms with Crippen molar-refractivity contribution in [1.82, 2.24) is 9.97 Å². The number of carbonyl (C=O) groups is 1. The number of hydrogen-bond donors (Lipinski definition) is 2. The standard InChI is InChI=1S/C18H26N4O4/c19-14-9-18(14)5-1-11(2-6-18)25-16-13(15(20)23)10-21-17(22-16)26-12-3-7-24-8-4-12/h10-12,14H,1-9,19H2,(H2,20,23)/t11?,14-,18?/m1/s1. The van der Waals surface area contributed by atoms with E-state index in [1.807, 2.05) is 0 Å². The third kappa shape index (κ3) is 3.61. The highest BCUT2D eigenvalue weighted by Gasteiger charge is 2.53. The van der Waals surface area contributed by atoms with Crippen LogP contribution in [0.3, 0.4) is 0 Å². The van der Waals surface area contributed by atoms with E-state index in [2.05, 4.69) is 9.97 Å². The summed E-state index contributed by atoms with van der Waals surface area (Å²) in [6, 6.07) is 0.552. The Morgan fingerprint density at radius 3 is 2.42 bits per heavy atom. The average Bonchev–Trinajstić information content (AvgIpc) is 3.26. The van der Waals surface area contributed by atoms with Gasteiger partial charge in [-0.15, -0.1) is 0 Å². The first-order valence-electron chi connectivity index (χ1n) is 9.39. The molecule has 0 unspecified atom stereocenters. The minimum Gasteiger partial charge on any atom is -0.474 e. The first kappa shape index (κ1) is 17.5. The molecule has 3 aliphatic rings. The smallest absolute Gasteiger partial charge is 0.319 e. The van der Waals surface area contributed by atoms with Crippen LogP contribution >= 0.6 is 0 Å². The lowest BCUT2D eigenvalue weighted by Gasteiger charge is -2.29. The number of nitrogens with zero attached hydrogens (tertiary/aromatic N) is 2. The molecule has 0 bridgehead atoms. The van der Waals surface area contributed by atoms with Crippen LogP contribution in [0.1, 0.15) is 55.3 Å². The van der Waals surface area contributed by atoms with Crippen LogP contribution in [0, 0.1) is 5.41 Å². The molecule has 1 spiro atoms. The molecule has 0 aromatic carbocycles. The van der Waals surface area contributed by atoms with Crippen molar-refractivity contribution in [2.45, 2.75) is 63.2 Å². The zero-order chi connectivity index (χ0) is 18.1. The van der Waals surface area contributed by atoms with Gasteiger partial charge in [-0.25, -0.2) is 4.98 Å². The predicted octanol–water partition coefficient (Wildman–Crippen LogP) is 1.17. The van der Waals surface area contributed by atoms with Crippen LogP contribution in [-0.2, 0) is 4.74 Å². The molecule has 2 heterocycles. The fourth-order valence-electron chi connectivity index (χ4n) is 4.01. The van der Waals surface area contributed by atoms with E-state index in [9.17, 15) is 4.79 Å². The molecule has 2 saturated carbocycles. The third-order valence-electron chi connectivity index (χ3n) is 5.90. The highest BCUT2D eigenvalue weighted by molar-refractivity contribution is 5.94. The quantitative estimate of drug-likeness (QED) is 0.806. The molecule has 1 aromatic rings. The summed E-state index contributed by atoms with van der Waals surface area (Å²) < 4.78 is 17.2. The molecule has 8 heteroatoms. The molecule has 1 aliphatic heterocycles. The first-order valence-corrected chi connectivity index (χ1v) is 9.39. The van der Waals surface area contributed by atoms with Crippen molar-refractivity contribution in [3.63, 3.8) is 0 Å². The van der Waals surface area contributed by atoms with Crippen LogP contribution in [0.4, 0.5) is 0 Å². The lowest BCUT2D eigenvalue weighted by molar-refractivity contribution is 0.0210. The highest BCUT2D eigenvalue weighted by atomic mass is 16.5. The summed E-state index contributed by atoms with van der Waals surface area (Å²) in [6.45, 7) is 1.33. The molecule has 1 atom stereocenters. The summed E-state index contributed by atoms with van der Waals surface area (Å²) in [6.07, 6.45) is 8.05. The molecule has 8 nitrogen and oxygen atoms in total. The van der Waals surface area contributed by atoms with E-state index in [4.69, 9.17) is 25.7 Å². The van der Waals surface area contributed by atoms with E-state index in [1.54, 1.807) is 0 Å². The molecule has 1 saturated heterocycles. The van der Waals surface area contributed by atoms with Gasteiger partial charge in [0.05, 0.1) is 19.4 Å². The summed E-state index contributed by atoms with van der Waals surface area (Å²) in [5, 5.41) is 0. The Balaban J connectivity index is 1.44. The maximum Gasteiger partial charge on any atom is 0.319 e. The fraction of sp³-hybridized carbons (Fsp3) is 0.722.